The molecule has 25 heavy (non-hydrogen) atoms. The lowest BCUT2D eigenvalue weighted by molar-refractivity contribution is -0.114. The van der Waals surface area contributed by atoms with Gasteiger partial charge in [-0.1, -0.05) is 23.5 Å². The molecule has 7 nitrogen and oxygen atoms in total. The average Bonchev–Trinajstić information content (AvgIpc) is 2.91. The highest BCUT2D eigenvalue weighted by Gasteiger charge is 2.16. The van der Waals surface area contributed by atoms with Crippen LogP contribution in [0.3, 0.4) is 0 Å². The summed E-state index contributed by atoms with van der Waals surface area (Å²) in [6, 6.07) is 6.73. The molecule has 2 rings (SSSR count). The number of aryl methyl sites for hydroxylation is 1. The van der Waals surface area contributed by atoms with Crippen molar-refractivity contribution in [1.29, 1.82) is 0 Å². The number of carboxylic acid groups (broad SMARTS) is 1. The molecule has 1 unspecified atom stereocenters. The Morgan fingerprint density at radius 3 is 2.56 bits per heavy atom. The quantitative estimate of drug-likeness (QED) is 0.534. The summed E-state index contributed by atoms with van der Waals surface area (Å²) >= 11 is 1.27. The lowest BCUT2D eigenvalue weighted by Gasteiger charge is -2.11. The molecule has 1 atom stereocenters. The molecule has 0 aliphatic rings. The predicted octanol–water partition coefficient (Wildman–Crippen LogP) is 1.97. The van der Waals surface area contributed by atoms with Crippen molar-refractivity contribution in [3.63, 3.8) is 0 Å². The number of carboxylic acids is 1. The molecular weight excluding hydrogens is 342 g/mol. The first kappa shape index (κ1) is 19.0. The maximum absolute atomic E-state index is 11.1. The molecule has 8 heteroatoms. The number of aromatic nitrogens is 1. The van der Waals surface area contributed by atoms with Crippen molar-refractivity contribution in [2.45, 2.75) is 26.4 Å². The fraction of sp³-hybridized carbons (Fsp3) is 0.353. The third-order valence-electron chi connectivity index (χ3n) is 3.55. The Labute approximate surface area is 149 Å². The van der Waals surface area contributed by atoms with Crippen LogP contribution in [0.5, 0.6) is 0 Å². The Bertz CT molecular complexity index is 743. The van der Waals surface area contributed by atoms with Crippen LogP contribution in [0, 0.1) is 6.92 Å². The van der Waals surface area contributed by atoms with E-state index in [-0.39, 0.29) is 11.5 Å². The Kier molecular flexibility index (Phi) is 6.63. The number of hydrogen-bond acceptors (Lipinski definition) is 6. The Morgan fingerprint density at radius 2 is 1.96 bits per heavy atom. The molecule has 2 aromatic rings. The van der Waals surface area contributed by atoms with Crippen LogP contribution in [0.1, 0.15) is 39.5 Å². The summed E-state index contributed by atoms with van der Waals surface area (Å²) in [5.41, 5.74) is 1.99. The molecule has 0 aliphatic carbocycles. The average molecular weight is 363 g/mol. The van der Waals surface area contributed by atoms with Gasteiger partial charge in [-0.15, -0.1) is 0 Å². The third kappa shape index (κ3) is 5.63. The molecule has 0 radical (unpaired) electrons. The van der Waals surface area contributed by atoms with E-state index < -0.39 is 12.1 Å². The fourth-order valence-corrected chi connectivity index (χ4v) is 3.30. The highest BCUT2D eigenvalue weighted by atomic mass is 32.1. The van der Waals surface area contributed by atoms with Crippen LogP contribution in [0.15, 0.2) is 24.3 Å². The Balaban J connectivity index is 1.80. The summed E-state index contributed by atoms with van der Waals surface area (Å²) in [5, 5.41) is 25.4. The number of anilines is 1. The Hall–Kier alpha value is -2.29. The number of carbonyl (C=O) groups excluding carboxylic acids is 1. The first-order valence-corrected chi connectivity index (χ1v) is 8.64. The highest BCUT2D eigenvalue weighted by molar-refractivity contribution is 7.16. The number of nitrogens with zero attached hydrogens (tertiary/aromatic N) is 1. The number of aliphatic hydroxyl groups excluding tert-OH is 1. The van der Waals surface area contributed by atoms with Gasteiger partial charge in [0.05, 0.1) is 16.1 Å². The molecular formula is C17H21N3O4S. The zero-order chi connectivity index (χ0) is 18.4. The number of carbonyl (C=O) groups is 2. The van der Waals surface area contributed by atoms with Gasteiger partial charge >= 0.3 is 5.97 Å². The van der Waals surface area contributed by atoms with E-state index in [1.165, 1.54) is 18.3 Å². The number of hydrogen-bond donors (Lipinski definition) is 4. The van der Waals surface area contributed by atoms with Crippen LogP contribution in [0.25, 0.3) is 0 Å². The highest BCUT2D eigenvalue weighted by Crippen LogP contribution is 2.28. The minimum absolute atomic E-state index is 0.193. The summed E-state index contributed by atoms with van der Waals surface area (Å²) in [5.74, 6) is -1.13. The summed E-state index contributed by atoms with van der Waals surface area (Å²) in [6.45, 7) is 4.23. The van der Waals surface area contributed by atoms with Gasteiger partial charge < -0.3 is 20.8 Å². The molecule has 4 N–H and O–H groups in total. The van der Waals surface area contributed by atoms with Crippen molar-refractivity contribution in [3.05, 3.63) is 46.0 Å². The second kappa shape index (κ2) is 8.70. The normalized spacial score (nSPS) is 12.0. The third-order valence-corrected chi connectivity index (χ3v) is 4.72. The van der Waals surface area contributed by atoms with Crippen LogP contribution in [0.2, 0.25) is 0 Å². The van der Waals surface area contributed by atoms with E-state index in [1.54, 1.807) is 31.2 Å². The first-order valence-electron chi connectivity index (χ1n) is 7.82. The standard InChI is InChI=1S/C17H21N3O4S/c1-10-15(25-17(19-10)20-11(2)21)14(22)9-18-8-7-12-3-5-13(6-4-12)16(23)24/h3-6,14,18,22H,7-9H2,1-2H3,(H,23,24)(H,19,20,21). The van der Waals surface area contributed by atoms with E-state index in [0.29, 0.717) is 23.9 Å². The number of aromatic carboxylic acids is 1. The SMILES string of the molecule is CC(=O)Nc1nc(C)c(C(O)CNCCc2ccc(C(=O)O)cc2)s1. The molecule has 0 spiro atoms. The number of benzene rings is 1. The van der Waals surface area contributed by atoms with Crippen molar-refractivity contribution < 1.29 is 19.8 Å². The van der Waals surface area contributed by atoms with Crippen LogP contribution >= 0.6 is 11.3 Å². The van der Waals surface area contributed by atoms with E-state index in [9.17, 15) is 14.7 Å². The largest absolute Gasteiger partial charge is 0.478 e. The second-order valence-electron chi connectivity index (χ2n) is 5.62. The van der Waals surface area contributed by atoms with Crippen LogP contribution < -0.4 is 10.6 Å². The number of nitrogens with one attached hydrogen (secondary N) is 2. The second-order valence-corrected chi connectivity index (χ2v) is 6.65. The van der Waals surface area contributed by atoms with Gasteiger partial charge in [0.15, 0.2) is 5.13 Å². The maximum atomic E-state index is 11.1. The van der Waals surface area contributed by atoms with E-state index in [2.05, 4.69) is 15.6 Å². The monoisotopic (exact) mass is 363 g/mol. The van der Waals surface area contributed by atoms with Gasteiger partial charge in [-0.2, -0.15) is 0 Å². The minimum atomic E-state index is -0.939. The fourth-order valence-electron chi connectivity index (χ4n) is 2.30. The number of rotatable bonds is 8. The van der Waals surface area contributed by atoms with Gasteiger partial charge in [-0.25, -0.2) is 9.78 Å². The van der Waals surface area contributed by atoms with E-state index in [1.807, 2.05) is 0 Å². The van der Waals surface area contributed by atoms with E-state index in [4.69, 9.17) is 5.11 Å². The zero-order valence-corrected chi connectivity index (χ0v) is 14.9. The van der Waals surface area contributed by atoms with Gasteiger partial charge in [-0.3, -0.25) is 4.79 Å². The molecule has 0 aliphatic heterocycles. The van der Waals surface area contributed by atoms with Crippen molar-refractivity contribution in [1.82, 2.24) is 10.3 Å². The molecule has 1 aromatic heterocycles. The van der Waals surface area contributed by atoms with Crippen molar-refractivity contribution >= 4 is 28.3 Å². The van der Waals surface area contributed by atoms with Gasteiger partial charge in [-0.05, 0) is 37.6 Å². The molecule has 0 saturated carbocycles. The van der Waals surface area contributed by atoms with Crippen LogP contribution in [0.4, 0.5) is 5.13 Å². The number of aliphatic hydroxyl groups is 1. The zero-order valence-electron chi connectivity index (χ0n) is 14.1. The lowest BCUT2D eigenvalue weighted by Crippen LogP contribution is -2.23. The summed E-state index contributed by atoms with van der Waals surface area (Å²) in [6.07, 6.45) is 0.0280. The van der Waals surface area contributed by atoms with Gasteiger partial charge in [0.1, 0.15) is 6.10 Å². The van der Waals surface area contributed by atoms with E-state index in [0.717, 1.165) is 16.9 Å². The van der Waals surface area contributed by atoms with Crippen molar-refractivity contribution in [3.8, 4) is 0 Å². The summed E-state index contributed by atoms with van der Waals surface area (Å²) in [4.78, 5) is 26.8. The molecule has 1 aromatic carbocycles. The molecule has 1 heterocycles. The van der Waals surface area contributed by atoms with Gasteiger partial charge in [0.25, 0.3) is 0 Å². The van der Waals surface area contributed by atoms with Gasteiger partial charge in [0, 0.05) is 13.5 Å². The molecule has 1 amide bonds. The number of amides is 1. The van der Waals surface area contributed by atoms with Crippen LogP contribution in [-0.4, -0.2) is 40.2 Å². The van der Waals surface area contributed by atoms with Gasteiger partial charge in [0.2, 0.25) is 5.91 Å². The molecule has 134 valence electrons. The predicted molar refractivity (Wildman–Crippen MR) is 96.1 cm³/mol. The summed E-state index contributed by atoms with van der Waals surface area (Å²) in [7, 11) is 0. The smallest absolute Gasteiger partial charge is 0.335 e. The first-order chi connectivity index (χ1) is 11.9. The van der Waals surface area contributed by atoms with Crippen molar-refractivity contribution in [2.75, 3.05) is 18.4 Å². The minimum Gasteiger partial charge on any atom is -0.478 e. The van der Waals surface area contributed by atoms with E-state index >= 15 is 0 Å². The Morgan fingerprint density at radius 1 is 1.28 bits per heavy atom. The molecule has 0 saturated heterocycles. The molecule has 0 bridgehead atoms. The van der Waals surface area contributed by atoms with Crippen molar-refractivity contribution in [2.24, 2.45) is 0 Å². The van der Waals surface area contributed by atoms with Crippen LogP contribution in [-0.2, 0) is 11.2 Å². The maximum Gasteiger partial charge on any atom is 0.335 e. The topological polar surface area (TPSA) is 112 Å². The molecule has 0 fully saturated rings. The summed E-state index contributed by atoms with van der Waals surface area (Å²) < 4.78 is 0. The number of thiazole rings is 1. The lowest BCUT2D eigenvalue weighted by atomic mass is 10.1.